The molecule has 34 heavy (non-hydrogen) atoms. The van der Waals surface area contributed by atoms with Crippen LogP contribution in [0.25, 0.3) is 11.1 Å². The van der Waals surface area contributed by atoms with Crippen molar-refractivity contribution < 1.29 is 32.6 Å². The average Bonchev–Trinajstić information content (AvgIpc) is 3.32. The number of carbonyl (C=O) groups is 3. The Morgan fingerprint density at radius 1 is 1.09 bits per heavy atom. The lowest BCUT2D eigenvalue weighted by molar-refractivity contribution is -0.146. The summed E-state index contributed by atoms with van der Waals surface area (Å²) >= 11 is 0. The highest BCUT2D eigenvalue weighted by Gasteiger charge is 2.37. The third-order valence-electron chi connectivity index (χ3n) is 6.29. The first-order valence-corrected chi connectivity index (χ1v) is 12.8. The number of ether oxygens (including phenoxy) is 1. The van der Waals surface area contributed by atoms with Crippen molar-refractivity contribution in [1.29, 1.82) is 0 Å². The molecule has 2 N–H and O–H groups in total. The molecule has 2 unspecified atom stereocenters. The third-order valence-corrected chi connectivity index (χ3v) is 8.04. The molecule has 0 spiro atoms. The van der Waals surface area contributed by atoms with Crippen LogP contribution in [0.3, 0.4) is 0 Å². The minimum atomic E-state index is -3.32. The quantitative estimate of drug-likeness (QED) is 0.612. The molecule has 1 aliphatic heterocycles. The van der Waals surface area contributed by atoms with E-state index in [1.54, 1.807) is 0 Å². The number of fused-ring (bicyclic) bond motifs is 3. The second-order valence-corrected chi connectivity index (χ2v) is 10.8. The number of carboxylic acid groups (broad SMARTS) is 1. The van der Waals surface area contributed by atoms with Crippen molar-refractivity contribution in [3.05, 3.63) is 59.7 Å². The molecule has 10 heteroatoms. The number of nitrogens with zero attached hydrogens (tertiary/aromatic N) is 1. The molecule has 2 aliphatic rings. The Morgan fingerprint density at radius 2 is 1.68 bits per heavy atom. The molecule has 2 aromatic rings. The number of rotatable bonds is 7. The van der Waals surface area contributed by atoms with Crippen molar-refractivity contribution in [3.63, 3.8) is 0 Å². The Balaban J connectivity index is 1.40. The summed E-state index contributed by atoms with van der Waals surface area (Å²) in [6.07, 6.45) is -0.643. The highest BCUT2D eigenvalue weighted by molar-refractivity contribution is 7.91. The van der Waals surface area contributed by atoms with Crippen LogP contribution in [-0.2, 0) is 24.2 Å². The predicted molar refractivity (Wildman–Crippen MR) is 124 cm³/mol. The first-order chi connectivity index (χ1) is 16.2. The molecule has 1 fully saturated rings. The van der Waals surface area contributed by atoms with E-state index in [0.717, 1.165) is 27.2 Å². The lowest BCUT2D eigenvalue weighted by Crippen LogP contribution is -2.52. The Morgan fingerprint density at radius 3 is 2.21 bits per heavy atom. The van der Waals surface area contributed by atoms with E-state index in [1.807, 2.05) is 48.5 Å². The topological polar surface area (TPSA) is 130 Å². The lowest BCUT2D eigenvalue weighted by atomic mass is 9.98. The molecule has 2 amide bonds. The summed E-state index contributed by atoms with van der Waals surface area (Å²) in [5.41, 5.74) is 4.28. The summed E-state index contributed by atoms with van der Waals surface area (Å²) in [5.74, 6) is -2.46. The van der Waals surface area contributed by atoms with Crippen LogP contribution in [0.15, 0.2) is 48.5 Å². The van der Waals surface area contributed by atoms with Crippen LogP contribution in [0.5, 0.6) is 0 Å². The van der Waals surface area contributed by atoms with Gasteiger partial charge in [-0.3, -0.25) is 9.59 Å². The standard InChI is InChI=1S/C24H26N2O7S/c1-15(23(29)26(12-22(27)28)16-10-11-34(31,32)14-16)25-24(30)33-13-21-19-8-4-2-6-17(19)18-7-3-5-9-20(18)21/h2-9,15-16,21H,10-14H2,1H3,(H,25,30)(H,27,28). The van der Waals surface area contributed by atoms with Gasteiger partial charge in [-0.05, 0) is 35.6 Å². The molecule has 0 radical (unpaired) electrons. The van der Waals surface area contributed by atoms with Crippen LogP contribution in [0.4, 0.5) is 4.79 Å². The zero-order valence-electron chi connectivity index (χ0n) is 18.6. The molecular weight excluding hydrogens is 460 g/mol. The number of amides is 2. The van der Waals surface area contributed by atoms with Gasteiger partial charge >= 0.3 is 12.1 Å². The van der Waals surface area contributed by atoms with Crippen molar-refractivity contribution in [2.24, 2.45) is 0 Å². The van der Waals surface area contributed by atoms with Crippen LogP contribution in [0.2, 0.25) is 0 Å². The second kappa shape index (κ2) is 9.46. The van der Waals surface area contributed by atoms with E-state index in [-0.39, 0.29) is 30.5 Å². The monoisotopic (exact) mass is 486 g/mol. The Kier molecular flexibility index (Phi) is 6.60. The molecule has 2 aromatic carbocycles. The first kappa shape index (κ1) is 23.7. The number of sulfone groups is 1. The molecule has 0 saturated carbocycles. The van der Waals surface area contributed by atoms with Crippen LogP contribution in [0.1, 0.15) is 30.4 Å². The van der Waals surface area contributed by atoms with Gasteiger partial charge in [0.2, 0.25) is 5.91 Å². The van der Waals surface area contributed by atoms with Crippen molar-refractivity contribution in [1.82, 2.24) is 10.2 Å². The predicted octanol–water partition coefficient (Wildman–Crippen LogP) is 2.01. The van der Waals surface area contributed by atoms with E-state index >= 15 is 0 Å². The van der Waals surface area contributed by atoms with E-state index in [9.17, 15) is 27.9 Å². The van der Waals surface area contributed by atoms with Gasteiger partial charge in [0.25, 0.3) is 0 Å². The number of hydrogen-bond donors (Lipinski definition) is 2. The maximum absolute atomic E-state index is 12.9. The van der Waals surface area contributed by atoms with Crippen molar-refractivity contribution in [2.75, 3.05) is 24.7 Å². The highest BCUT2D eigenvalue weighted by atomic mass is 32.2. The highest BCUT2D eigenvalue weighted by Crippen LogP contribution is 2.44. The molecule has 1 heterocycles. The van der Waals surface area contributed by atoms with Gasteiger partial charge in [0.05, 0.1) is 11.5 Å². The van der Waals surface area contributed by atoms with Gasteiger partial charge in [-0.15, -0.1) is 0 Å². The van der Waals surface area contributed by atoms with Gasteiger partial charge in [0.1, 0.15) is 19.2 Å². The van der Waals surface area contributed by atoms with E-state index in [4.69, 9.17) is 4.74 Å². The summed E-state index contributed by atoms with van der Waals surface area (Å²) in [7, 11) is -3.32. The van der Waals surface area contributed by atoms with Gasteiger partial charge < -0.3 is 20.1 Å². The molecule has 2 atom stereocenters. The maximum Gasteiger partial charge on any atom is 0.407 e. The number of alkyl carbamates (subject to hydrolysis) is 1. The normalized spacial score (nSPS) is 19.0. The Labute approximate surface area is 197 Å². The van der Waals surface area contributed by atoms with E-state index < -0.39 is 46.4 Å². The van der Waals surface area contributed by atoms with Crippen molar-refractivity contribution >= 4 is 27.8 Å². The number of carbonyl (C=O) groups excluding carboxylic acids is 2. The number of nitrogens with one attached hydrogen (secondary N) is 1. The Hall–Kier alpha value is -3.40. The molecule has 0 bridgehead atoms. The SMILES string of the molecule is CC(NC(=O)OCC1c2ccccc2-c2ccccc21)C(=O)N(CC(=O)O)C1CCS(=O)(=O)C1. The summed E-state index contributed by atoms with van der Waals surface area (Å²) in [4.78, 5) is 37.7. The van der Waals surface area contributed by atoms with Gasteiger partial charge in [-0.1, -0.05) is 48.5 Å². The summed E-state index contributed by atoms with van der Waals surface area (Å²) in [6, 6.07) is 14.0. The van der Waals surface area contributed by atoms with Crippen LogP contribution < -0.4 is 5.32 Å². The fraction of sp³-hybridized carbons (Fsp3) is 0.375. The summed E-state index contributed by atoms with van der Waals surface area (Å²) in [6.45, 7) is 0.846. The fourth-order valence-electron chi connectivity index (χ4n) is 4.68. The zero-order valence-corrected chi connectivity index (χ0v) is 19.5. The first-order valence-electron chi connectivity index (χ1n) is 11.0. The van der Waals surface area contributed by atoms with Crippen LogP contribution in [-0.4, -0.2) is 73.1 Å². The molecule has 0 aromatic heterocycles. The van der Waals surface area contributed by atoms with E-state index in [1.165, 1.54) is 6.92 Å². The zero-order chi connectivity index (χ0) is 24.5. The van der Waals surface area contributed by atoms with Crippen molar-refractivity contribution in [2.45, 2.75) is 31.3 Å². The number of aliphatic carboxylic acids is 1. The maximum atomic E-state index is 12.9. The minimum Gasteiger partial charge on any atom is -0.480 e. The average molecular weight is 487 g/mol. The van der Waals surface area contributed by atoms with E-state index in [0.29, 0.717) is 0 Å². The molecular formula is C24H26N2O7S. The van der Waals surface area contributed by atoms with Gasteiger partial charge in [0.15, 0.2) is 9.84 Å². The molecule has 1 saturated heterocycles. The van der Waals surface area contributed by atoms with Crippen molar-refractivity contribution in [3.8, 4) is 11.1 Å². The summed E-state index contributed by atoms with van der Waals surface area (Å²) in [5, 5.41) is 11.7. The number of benzene rings is 2. The molecule has 180 valence electrons. The van der Waals surface area contributed by atoms with Gasteiger partial charge in [-0.25, -0.2) is 13.2 Å². The van der Waals surface area contributed by atoms with Gasteiger partial charge in [-0.2, -0.15) is 0 Å². The van der Waals surface area contributed by atoms with Crippen LogP contribution >= 0.6 is 0 Å². The molecule has 1 aliphatic carbocycles. The molecule has 4 rings (SSSR count). The third kappa shape index (κ3) is 4.91. The lowest BCUT2D eigenvalue weighted by Gasteiger charge is -2.29. The van der Waals surface area contributed by atoms with E-state index in [2.05, 4.69) is 5.32 Å². The number of carboxylic acids is 1. The van der Waals surface area contributed by atoms with Gasteiger partial charge in [0, 0.05) is 12.0 Å². The van der Waals surface area contributed by atoms with Crippen LogP contribution in [0, 0.1) is 0 Å². The second-order valence-electron chi connectivity index (χ2n) is 8.61. The Bertz CT molecular complexity index is 1180. The number of hydrogen-bond acceptors (Lipinski definition) is 6. The molecule has 9 nitrogen and oxygen atoms in total. The summed E-state index contributed by atoms with van der Waals surface area (Å²) < 4.78 is 29.1. The fourth-order valence-corrected chi connectivity index (χ4v) is 6.41. The largest absolute Gasteiger partial charge is 0.480 e. The smallest absolute Gasteiger partial charge is 0.407 e. The minimum absolute atomic E-state index is 0.0699.